The molecule has 1 unspecified atom stereocenters. The highest BCUT2D eigenvalue weighted by Gasteiger charge is 2.36. The molecule has 0 spiro atoms. The van der Waals surface area contributed by atoms with Crippen molar-refractivity contribution < 1.29 is 9.90 Å². The summed E-state index contributed by atoms with van der Waals surface area (Å²) in [6.07, 6.45) is 4.77. The number of amides is 1. The van der Waals surface area contributed by atoms with Gasteiger partial charge in [0.2, 0.25) is 5.91 Å². The van der Waals surface area contributed by atoms with Gasteiger partial charge in [-0.05, 0) is 69.5 Å². The second kappa shape index (κ2) is 11.0. The van der Waals surface area contributed by atoms with E-state index in [1.807, 2.05) is 30.1 Å². The number of nitrogens with zero attached hydrogens (tertiary/aromatic N) is 3. The van der Waals surface area contributed by atoms with Crippen molar-refractivity contribution in [1.29, 1.82) is 0 Å². The summed E-state index contributed by atoms with van der Waals surface area (Å²) in [5.74, 6) is 0.0609. The highest BCUT2D eigenvalue weighted by molar-refractivity contribution is 5.80. The number of nitrogens with one attached hydrogen (secondary N) is 1. The molecule has 4 rings (SSSR count). The van der Waals surface area contributed by atoms with Crippen molar-refractivity contribution in [3.8, 4) is 0 Å². The summed E-state index contributed by atoms with van der Waals surface area (Å²) in [7, 11) is 1.92. The topological polar surface area (TPSA) is 113 Å². The standard InChI is InChI=1S/C27H35N5O3/c1-29-13-5-8-21(16-20-6-3-2-4-7-20)25(33)31-14-11-27(35,12-15-31)18-32-19-30-24-17-22(28)9-10-23(24)26(32)34/h2-4,6-7,9-10,17,19,21,29,35H,5,8,11-16,18,28H2,1H3. The molecule has 2 heterocycles. The first-order valence-electron chi connectivity index (χ1n) is 12.3. The van der Waals surface area contributed by atoms with Crippen LogP contribution < -0.4 is 16.6 Å². The molecule has 186 valence electrons. The van der Waals surface area contributed by atoms with Crippen LogP contribution in [0.3, 0.4) is 0 Å². The predicted octanol–water partition coefficient (Wildman–Crippen LogP) is 2.19. The van der Waals surface area contributed by atoms with Crippen LogP contribution in [0, 0.1) is 5.92 Å². The van der Waals surface area contributed by atoms with E-state index in [0.29, 0.717) is 48.9 Å². The number of hydrogen-bond acceptors (Lipinski definition) is 6. The van der Waals surface area contributed by atoms with Crippen molar-refractivity contribution in [2.75, 3.05) is 32.4 Å². The zero-order valence-electron chi connectivity index (χ0n) is 20.3. The van der Waals surface area contributed by atoms with Crippen LogP contribution >= 0.6 is 0 Å². The smallest absolute Gasteiger partial charge is 0.261 e. The molecule has 0 bridgehead atoms. The van der Waals surface area contributed by atoms with Gasteiger partial charge in [-0.3, -0.25) is 14.2 Å². The Hall–Kier alpha value is -3.23. The lowest BCUT2D eigenvalue weighted by Crippen LogP contribution is -2.51. The number of anilines is 1. The molecule has 1 aliphatic heterocycles. The van der Waals surface area contributed by atoms with E-state index in [0.717, 1.165) is 24.9 Å². The lowest BCUT2D eigenvalue weighted by molar-refractivity contribution is -0.140. The van der Waals surface area contributed by atoms with Crippen molar-refractivity contribution in [3.63, 3.8) is 0 Å². The number of benzene rings is 2. The monoisotopic (exact) mass is 477 g/mol. The molecule has 1 amide bonds. The van der Waals surface area contributed by atoms with Crippen LogP contribution in [0.25, 0.3) is 10.9 Å². The molecule has 1 aliphatic rings. The fraction of sp³-hybridized carbons (Fsp3) is 0.444. The Kier molecular flexibility index (Phi) is 7.83. The fourth-order valence-corrected chi connectivity index (χ4v) is 4.90. The first-order chi connectivity index (χ1) is 16.9. The zero-order chi connectivity index (χ0) is 24.8. The number of carbonyl (C=O) groups excluding carboxylic acids is 1. The van der Waals surface area contributed by atoms with Crippen molar-refractivity contribution >= 4 is 22.5 Å². The number of aromatic nitrogens is 2. The normalized spacial score (nSPS) is 16.3. The van der Waals surface area contributed by atoms with E-state index in [1.165, 1.54) is 10.9 Å². The van der Waals surface area contributed by atoms with Gasteiger partial charge >= 0.3 is 0 Å². The van der Waals surface area contributed by atoms with Gasteiger partial charge in [0.25, 0.3) is 5.56 Å². The highest BCUT2D eigenvalue weighted by Crippen LogP contribution is 2.27. The van der Waals surface area contributed by atoms with E-state index in [-0.39, 0.29) is 23.9 Å². The first-order valence-corrected chi connectivity index (χ1v) is 12.3. The average Bonchev–Trinajstić information content (AvgIpc) is 2.86. The lowest BCUT2D eigenvalue weighted by atomic mass is 9.88. The van der Waals surface area contributed by atoms with Gasteiger partial charge in [0.15, 0.2) is 0 Å². The zero-order valence-corrected chi connectivity index (χ0v) is 20.3. The second-order valence-corrected chi connectivity index (χ2v) is 9.64. The Morgan fingerprint density at radius 2 is 1.94 bits per heavy atom. The number of hydrogen-bond donors (Lipinski definition) is 3. The van der Waals surface area contributed by atoms with Crippen molar-refractivity contribution in [2.45, 2.75) is 44.2 Å². The van der Waals surface area contributed by atoms with Crippen LogP contribution in [0.2, 0.25) is 0 Å². The maximum atomic E-state index is 13.4. The molecule has 1 atom stereocenters. The van der Waals surface area contributed by atoms with E-state index in [9.17, 15) is 14.7 Å². The van der Waals surface area contributed by atoms with Crippen LogP contribution in [-0.2, 0) is 17.8 Å². The van der Waals surface area contributed by atoms with Crippen LogP contribution in [0.1, 0.15) is 31.2 Å². The predicted molar refractivity (Wildman–Crippen MR) is 138 cm³/mol. The van der Waals surface area contributed by atoms with Crippen molar-refractivity contribution in [2.24, 2.45) is 5.92 Å². The molecule has 35 heavy (non-hydrogen) atoms. The van der Waals surface area contributed by atoms with E-state index in [2.05, 4.69) is 22.4 Å². The molecule has 0 radical (unpaired) electrons. The Bertz CT molecular complexity index is 1200. The Morgan fingerprint density at radius 3 is 2.66 bits per heavy atom. The van der Waals surface area contributed by atoms with E-state index < -0.39 is 5.60 Å². The lowest BCUT2D eigenvalue weighted by Gasteiger charge is -2.39. The maximum Gasteiger partial charge on any atom is 0.261 e. The van der Waals surface area contributed by atoms with Gasteiger partial charge in [0.1, 0.15) is 0 Å². The van der Waals surface area contributed by atoms with Crippen LogP contribution in [0.15, 0.2) is 59.7 Å². The summed E-state index contributed by atoms with van der Waals surface area (Å²) >= 11 is 0. The van der Waals surface area contributed by atoms with Gasteiger partial charge in [-0.2, -0.15) is 0 Å². The molecule has 0 saturated carbocycles. The molecule has 1 aromatic heterocycles. The molecule has 3 aromatic rings. The SMILES string of the molecule is CNCCCC(Cc1ccccc1)C(=O)N1CCC(O)(Cn2cnc3cc(N)ccc3c2=O)CC1. The quantitative estimate of drug-likeness (QED) is 0.322. The fourth-order valence-electron chi connectivity index (χ4n) is 4.90. The number of likely N-dealkylation sites (tertiary alicyclic amines) is 1. The van der Waals surface area contributed by atoms with E-state index >= 15 is 0 Å². The molecule has 4 N–H and O–H groups in total. The molecule has 8 nitrogen and oxygen atoms in total. The minimum absolute atomic E-state index is 0.0864. The number of rotatable bonds is 9. The van der Waals surface area contributed by atoms with E-state index in [4.69, 9.17) is 5.73 Å². The molecule has 1 saturated heterocycles. The average molecular weight is 478 g/mol. The van der Waals surface area contributed by atoms with E-state index in [1.54, 1.807) is 18.2 Å². The maximum absolute atomic E-state index is 13.4. The molecule has 2 aromatic carbocycles. The van der Waals surface area contributed by atoms with Crippen LogP contribution in [0.5, 0.6) is 0 Å². The summed E-state index contributed by atoms with van der Waals surface area (Å²) in [5, 5.41) is 14.9. The second-order valence-electron chi connectivity index (χ2n) is 9.64. The Balaban J connectivity index is 1.41. The van der Waals surface area contributed by atoms with Gasteiger partial charge in [0.05, 0.1) is 29.4 Å². The van der Waals surface area contributed by atoms with Crippen molar-refractivity contribution in [1.82, 2.24) is 19.8 Å². The minimum atomic E-state index is -1.06. The van der Waals surface area contributed by atoms with Gasteiger partial charge in [-0.15, -0.1) is 0 Å². The Morgan fingerprint density at radius 1 is 1.20 bits per heavy atom. The summed E-state index contributed by atoms with van der Waals surface area (Å²) in [5.41, 5.74) is 6.78. The van der Waals surface area contributed by atoms with Gasteiger partial charge in [-0.25, -0.2) is 4.98 Å². The van der Waals surface area contributed by atoms with Gasteiger partial charge in [0, 0.05) is 24.7 Å². The third-order valence-electron chi connectivity index (χ3n) is 6.97. The summed E-state index contributed by atoms with van der Waals surface area (Å²) in [6.45, 7) is 1.97. The van der Waals surface area contributed by atoms with Crippen LogP contribution in [-0.4, -0.2) is 57.7 Å². The number of aliphatic hydroxyl groups is 1. The number of carbonyl (C=O) groups is 1. The molecular weight excluding hydrogens is 442 g/mol. The van der Waals surface area contributed by atoms with Gasteiger partial charge in [-0.1, -0.05) is 30.3 Å². The van der Waals surface area contributed by atoms with Crippen LogP contribution in [0.4, 0.5) is 5.69 Å². The third-order valence-corrected chi connectivity index (χ3v) is 6.97. The number of nitrogens with two attached hydrogens (primary N) is 1. The third kappa shape index (κ3) is 6.07. The molecular formula is C27H35N5O3. The summed E-state index contributed by atoms with van der Waals surface area (Å²) in [4.78, 5) is 32.6. The summed E-state index contributed by atoms with van der Waals surface area (Å²) < 4.78 is 1.46. The largest absolute Gasteiger partial charge is 0.399 e. The minimum Gasteiger partial charge on any atom is -0.399 e. The first kappa shape index (κ1) is 24.9. The highest BCUT2D eigenvalue weighted by atomic mass is 16.3. The Labute approximate surface area is 205 Å². The molecule has 0 aliphatic carbocycles. The number of nitrogen functional groups attached to an aromatic ring is 1. The summed E-state index contributed by atoms with van der Waals surface area (Å²) in [6, 6.07) is 15.1. The van der Waals surface area contributed by atoms with Gasteiger partial charge < -0.3 is 21.1 Å². The number of fused-ring (bicyclic) bond motifs is 1. The van der Waals surface area contributed by atoms with Crippen molar-refractivity contribution in [3.05, 3.63) is 70.8 Å². The molecule has 1 fully saturated rings. The molecule has 8 heteroatoms. The number of piperidine rings is 1.